The molecule has 2 N–H and O–H groups in total. The standard InChI is InChI=1S/C19H33NO3/c1-2-3-4-5-6-7-8-9-10-11-12-13-15-20-16-14-17(21)18(22)19(20)23/h14,16,21-22H,2-13,15H2,1H3. The number of aromatic hydroxyl groups is 2. The molecule has 0 aliphatic heterocycles. The Morgan fingerprint density at radius 2 is 1.30 bits per heavy atom. The number of nitrogens with zero attached hydrogens (tertiary/aromatic N) is 1. The van der Waals surface area contributed by atoms with Crippen molar-refractivity contribution in [3.05, 3.63) is 22.6 Å². The Hall–Kier alpha value is -1.45. The highest BCUT2D eigenvalue weighted by atomic mass is 16.3. The van der Waals surface area contributed by atoms with Crippen LogP contribution in [0.4, 0.5) is 0 Å². The van der Waals surface area contributed by atoms with E-state index in [-0.39, 0.29) is 5.75 Å². The number of aromatic nitrogens is 1. The number of aryl methyl sites for hydroxylation is 1. The molecule has 0 amide bonds. The first-order valence-corrected chi connectivity index (χ1v) is 9.28. The minimum Gasteiger partial charge on any atom is -0.504 e. The van der Waals surface area contributed by atoms with E-state index in [4.69, 9.17) is 0 Å². The Bertz CT molecular complexity index is 482. The van der Waals surface area contributed by atoms with E-state index in [0.717, 1.165) is 12.8 Å². The zero-order chi connectivity index (χ0) is 16.9. The van der Waals surface area contributed by atoms with Gasteiger partial charge >= 0.3 is 0 Å². The normalized spacial score (nSPS) is 11.0. The summed E-state index contributed by atoms with van der Waals surface area (Å²) < 4.78 is 1.46. The summed E-state index contributed by atoms with van der Waals surface area (Å²) in [7, 11) is 0. The maximum Gasteiger partial charge on any atom is 0.296 e. The average Bonchev–Trinajstić information content (AvgIpc) is 2.55. The molecule has 0 spiro atoms. The van der Waals surface area contributed by atoms with Crippen LogP contribution in [-0.4, -0.2) is 14.8 Å². The number of unbranched alkanes of at least 4 members (excludes halogenated alkanes) is 11. The summed E-state index contributed by atoms with van der Waals surface area (Å²) in [6.07, 6.45) is 16.9. The van der Waals surface area contributed by atoms with Crippen molar-refractivity contribution in [1.29, 1.82) is 0 Å². The van der Waals surface area contributed by atoms with E-state index in [1.54, 1.807) is 0 Å². The first kappa shape index (κ1) is 19.6. The second kappa shape index (κ2) is 12.0. The van der Waals surface area contributed by atoms with E-state index >= 15 is 0 Å². The van der Waals surface area contributed by atoms with Crippen molar-refractivity contribution in [2.24, 2.45) is 0 Å². The van der Waals surface area contributed by atoms with Crippen LogP contribution in [0.25, 0.3) is 0 Å². The van der Waals surface area contributed by atoms with Gasteiger partial charge in [0.2, 0.25) is 5.75 Å². The minimum absolute atomic E-state index is 0.346. The average molecular weight is 323 g/mol. The van der Waals surface area contributed by atoms with Crippen molar-refractivity contribution in [2.75, 3.05) is 0 Å². The zero-order valence-corrected chi connectivity index (χ0v) is 14.6. The predicted molar refractivity (Wildman–Crippen MR) is 95.1 cm³/mol. The third-order valence-corrected chi connectivity index (χ3v) is 4.37. The van der Waals surface area contributed by atoms with Crippen LogP contribution >= 0.6 is 0 Å². The topological polar surface area (TPSA) is 62.5 Å². The van der Waals surface area contributed by atoms with Gasteiger partial charge in [-0.3, -0.25) is 4.79 Å². The molecule has 0 radical (unpaired) electrons. The fourth-order valence-electron chi connectivity index (χ4n) is 2.85. The predicted octanol–water partition coefficient (Wildman–Crippen LogP) is 4.96. The molecule has 1 heterocycles. The smallest absolute Gasteiger partial charge is 0.296 e. The molecule has 23 heavy (non-hydrogen) atoms. The van der Waals surface area contributed by atoms with Gasteiger partial charge in [0.1, 0.15) is 0 Å². The van der Waals surface area contributed by atoms with Gasteiger partial charge in [0.15, 0.2) is 5.75 Å². The summed E-state index contributed by atoms with van der Waals surface area (Å²) in [5.41, 5.74) is -0.506. The van der Waals surface area contributed by atoms with Crippen LogP contribution in [0.3, 0.4) is 0 Å². The molecule has 0 saturated carbocycles. The van der Waals surface area contributed by atoms with Gasteiger partial charge in [-0.1, -0.05) is 77.6 Å². The van der Waals surface area contributed by atoms with Gasteiger partial charge in [0.05, 0.1) is 0 Å². The second-order valence-electron chi connectivity index (χ2n) is 6.44. The quantitative estimate of drug-likeness (QED) is 0.504. The molecule has 0 aliphatic carbocycles. The van der Waals surface area contributed by atoms with Crippen molar-refractivity contribution in [2.45, 2.75) is 90.5 Å². The lowest BCUT2D eigenvalue weighted by Crippen LogP contribution is -2.18. The summed E-state index contributed by atoms with van der Waals surface area (Å²) in [6, 6.07) is 1.36. The first-order valence-electron chi connectivity index (χ1n) is 9.28. The Morgan fingerprint density at radius 1 is 0.826 bits per heavy atom. The maximum absolute atomic E-state index is 11.7. The Labute approximate surface area is 140 Å². The summed E-state index contributed by atoms with van der Waals surface area (Å²) >= 11 is 0. The molecule has 0 aromatic carbocycles. The van der Waals surface area contributed by atoms with Crippen molar-refractivity contribution in [3.63, 3.8) is 0 Å². The fourth-order valence-corrected chi connectivity index (χ4v) is 2.85. The van der Waals surface area contributed by atoms with Crippen LogP contribution in [0, 0.1) is 0 Å². The monoisotopic (exact) mass is 323 g/mol. The summed E-state index contributed by atoms with van der Waals surface area (Å²) in [4.78, 5) is 11.7. The lowest BCUT2D eigenvalue weighted by atomic mass is 10.1. The Balaban J connectivity index is 1.98. The Morgan fingerprint density at radius 3 is 1.83 bits per heavy atom. The molecule has 4 heteroatoms. The van der Waals surface area contributed by atoms with Gasteiger partial charge in [-0.15, -0.1) is 0 Å². The number of hydrogen-bond donors (Lipinski definition) is 2. The van der Waals surface area contributed by atoms with Crippen LogP contribution < -0.4 is 5.56 Å². The molecule has 1 rings (SSSR count). The highest BCUT2D eigenvalue weighted by molar-refractivity contribution is 5.33. The SMILES string of the molecule is CCCCCCCCCCCCCCn1ccc(O)c(O)c1=O. The largest absolute Gasteiger partial charge is 0.504 e. The molecule has 0 atom stereocenters. The highest BCUT2D eigenvalue weighted by Gasteiger charge is 2.06. The fraction of sp³-hybridized carbons (Fsp3) is 0.737. The molecule has 0 unspecified atom stereocenters. The lowest BCUT2D eigenvalue weighted by Gasteiger charge is -2.07. The maximum atomic E-state index is 11.7. The van der Waals surface area contributed by atoms with E-state index in [1.807, 2.05) is 0 Å². The van der Waals surface area contributed by atoms with Crippen LogP contribution in [0.2, 0.25) is 0 Å². The van der Waals surface area contributed by atoms with Crippen molar-refractivity contribution in [3.8, 4) is 11.5 Å². The van der Waals surface area contributed by atoms with Gasteiger partial charge in [-0.25, -0.2) is 0 Å². The number of pyridine rings is 1. The van der Waals surface area contributed by atoms with Gasteiger partial charge < -0.3 is 14.8 Å². The molecule has 0 fully saturated rings. The van der Waals surface area contributed by atoms with Gasteiger partial charge in [-0.2, -0.15) is 0 Å². The number of rotatable bonds is 13. The number of hydrogen-bond acceptors (Lipinski definition) is 3. The third-order valence-electron chi connectivity index (χ3n) is 4.37. The molecule has 0 bridgehead atoms. The molecule has 4 nitrogen and oxygen atoms in total. The van der Waals surface area contributed by atoms with E-state index in [0.29, 0.717) is 6.54 Å². The van der Waals surface area contributed by atoms with Crippen molar-refractivity contribution in [1.82, 2.24) is 4.57 Å². The van der Waals surface area contributed by atoms with Gasteiger partial charge in [-0.05, 0) is 6.42 Å². The highest BCUT2D eigenvalue weighted by Crippen LogP contribution is 2.17. The molecule has 0 aliphatic rings. The molecule has 1 aromatic heterocycles. The van der Waals surface area contributed by atoms with Crippen molar-refractivity contribution < 1.29 is 10.2 Å². The van der Waals surface area contributed by atoms with Crippen molar-refractivity contribution >= 4 is 0 Å². The van der Waals surface area contributed by atoms with Gasteiger partial charge in [0.25, 0.3) is 5.56 Å². The van der Waals surface area contributed by atoms with E-state index in [2.05, 4.69) is 6.92 Å². The summed E-state index contributed by atoms with van der Waals surface area (Å²) in [5.74, 6) is -0.896. The molecule has 132 valence electrons. The van der Waals surface area contributed by atoms with E-state index in [9.17, 15) is 15.0 Å². The van der Waals surface area contributed by atoms with Crippen LogP contribution in [0.1, 0.15) is 84.0 Å². The van der Waals surface area contributed by atoms with Crippen LogP contribution in [0.15, 0.2) is 17.1 Å². The molecular weight excluding hydrogens is 290 g/mol. The third kappa shape index (κ3) is 8.10. The molecule has 0 saturated heterocycles. The molecule has 1 aromatic rings. The summed E-state index contributed by atoms with van der Waals surface area (Å²) in [5, 5.41) is 18.6. The Kier molecular flexibility index (Phi) is 10.3. The molecular formula is C19H33NO3. The minimum atomic E-state index is -0.550. The van der Waals surface area contributed by atoms with E-state index in [1.165, 1.54) is 81.0 Å². The first-order chi connectivity index (χ1) is 11.2. The van der Waals surface area contributed by atoms with Crippen LogP contribution in [0.5, 0.6) is 11.5 Å². The lowest BCUT2D eigenvalue weighted by molar-refractivity contribution is 0.389. The summed E-state index contributed by atoms with van der Waals surface area (Å²) in [6.45, 7) is 2.85. The second-order valence-corrected chi connectivity index (χ2v) is 6.44. The van der Waals surface area contributed by atoms with Gasteiger partial charge in [0, 0.05) is 18.8 Å². The van der Waals surface area contributed by atoms with E-state index < -0.39 is 11.3 Å². The van der Waals surface area contributed by atoms with Crippen LogP contribution in [-0.2, 0) is 6.54 Å². The zero-order valence-electron chi connectivity index (χ0n) is 14.6.